The number of aryl methyl sites for hydroxylation is 1. The van der Waals surface area contributed by atoms with Crippen LogP contribution >= 0.6 is 0 Å². The molecule has 0 spiro atoms. The first-order valence-corrected chi connectivity index (χ1v) is 5.94. The Hall–Kier alpha value is -1.63. The Morgan fingerprint density at radius 3 is 2.35 bits per heavy atom. The van der Waals surface area contributed by atoms with E-state index in [1.165, 1.54) is 5.56 Å². The second kappa shape index (κ2) is 4.70. The van der Waals surface area contributed by atoms with Crippen LogP contribution in [0.15, 0.2) is 42.5 Å². The van der Waals surface area contributed by atoms with E-state index in [1.807, 2.05) is 25.1 Å². The molecule has 0 atom stereocenters. The third kappa shape index (κ3) is 2.55. The Labute approximate surface area is 102 Å². The van der Waals surface area contributed by atoms with Crippen LogP contribution in [0, 0.1) is 12.7 Å². The number of hydrogen-bond acceptors (Lipinski definition) is 0. The second-order valence-electron chi connectivity index (χ2n) is 4.76. The molecule has 88 valence electrons. The zero-order chi connectivity index (χ0) is 12.4. The van der Waals surface area contributed by atoms with Crippen LogP contribution < -0.4 is 0 Å². The molecule has 0 N–H and O–H groups in total. The standard InChI is InChI=1S/C16H17F/c1-11(2)15-6-4-5-7-16(15)13-8-12(3)9-14(17)10-13/h4-11H,1-3H3. The van der Waals surface area contributed by atoms with Gasteiger partial charge in [0.1, 0.15) is 5.82 Å². The number of halogens is 1. The molecule has 0 radical (unpaired) electrons. The number of rotatable bonds is 2. The van der Waals surface area contributed by atoms with E-state index in [0.717, 1.165) is 16.7 Å². The lowest BCUT2D eigenvalue weighted by Crippen LogP contribution is -1.93. The quantitative estimate of drug-likeness (QED) is 0.684. The van der Waals surface area contributed by atoms with Crippen LogP contribution in [0.5, 0.6) is 0 Å². The molecule has 2 rings (SSSR count). The topological polar surface area (TPSA) is 0 Å². The zero-order valence-electron chi connectivity index (χ0n) is 10.5. The van der Waals surface area contributed by atoms with Crippen LogP contribution in [0.25, 0.3) is 11.1 Å². The molecule has 0 saturated heterocycles. The SMILES string of the molecule is Cc1cc(F)cc(-c2ccccc2C(C)C)c1. The van der Waals surface area contributed by atoms with Gasteiger partial charge >= 0.3 is 0 Å². The molecule has 0 heterocycles. The Morgan fingerprint density at radius 1 is 1.00 bits per heavy atom. The Kier molecular flexibility index (Phi) is 3.28. The van der Waals surface area contributed by atoms with Crippen molar-refractivity contribution in [2.24, 2.45) is 0 Å². The number of hydrogen-bond donors (Lipinski definition) is 0. The molecule has 0 nitrogen and oxygen atoms in total. The molecule has 17 heavy (non-hydrogen) atoms. The van der Waals surface area contributed by atoms with E-state index in [9.17, 15) is 4.39 Å². The van der Waals surface area contributed by atoms with Crippen molar-refractivity contribution in [3.8, 4) is 11.1 Å². The first-order valence-electron chi connectivity index (χ1n) is 5.94. The molecule has 0 aliphatic carbocycles. The van der Waals surface area contributed by atoms with Crippen molar-refractivity contribution in [1.82, 2.24) is 0 Å². The van der Waals surface area contributed by atoms with Crippen molar-refractivity contribution >= 4 is 0 Å². The van der Waals surface area contributed by atoms with E-state index in [2.05, 4.69) is 26.0 Å². The van der Waals surface area contributed by atoms with Gasteiger partial charge in [0.05, 0.1) is 0 Å². The third-order valence-corrected chi connectivity index (χ3v) is 2.94. The minimum atomic E-state index is -0.168. The number of benzene rings is 2. The van der Waals surface area contributed by atoms with E-state index < -0.39 is 0 Å². The highest BCUT2D eigenvalue weighted by Crippen LogP contribution is 2.29. The lowest BCUT2D eigenvalue weighted by Gasteiger charge is -2.13. The largest absolute Gasteiger partial charge is 0.207 e. The fraction of sp³-hybridized carbons (Fsp3) is 0.250. The fourth-order valence-electron chi connectivity index (χ4n) is 2.16. The summed E-state index contributed by atoms with van der Waals surface area (Å²) >= 11 is 0. The summed E-state index contributed by atoms with van der Waals surface area (Å²) in [6.07, 6.45) is 0. The molecular weight excluding hydrogens is 211 g/mol. The van der Waals surface area contributed by atoms with Crippen molar-refractivity contribution in [2.45, 2.75) is 26.7 Å². The maximum absolute atomic E-state index is 13.4. The van der Waals surface area contributed by atoms with Crippen LogP contribution in [-0.4, -0.2) is 0 Å². The minimum absolute atomic E-state index is 0.168. The predicted molar refractivity (Wildman–Crippen MR) is 70.7 cm³/mol. The van der Waals surface area contributed by atoms with Crippen molar-refractivity contribution in [1.29, 1.82) is 0 Å². The molecule has 0 fully saturated rings. The second-order valence-corrected chi connectivity index (χ2v) is 4.76. The van der Waals surface area contributed by atoms with Gasteiger partial charge in [-0.2, -0.15) is 0 Å². The van der Waals surface area contributed by atoms with Crippen molar-refractivity contribution in [2.75, 3.05) is 0 Å². The first kappa shape index (κ1) is 11.8. The van der Waals surface area contributed by atoms with Gasteiger partial charge in [0.15, 0.2) is 0 Å². The Balaban J connectivity index is 2.60. The Bertz CT molecular complexity index is 507. The summed E-state index contributed by atoms with van der Waals surface area (Å²) in [6, 6.07) is 13.4. The highest BCUT2D eigenvalue weighted by Gasteiger charge is 2.08. The normalized spacial score (nSPS) is 10.9. The molecule has 0 aliphatic rings. The summed E-state index contributed by atoms with van der Waals surface area (Å²) in [7, 11) is 0. The van der Waals surface area contributed by atoms with Gasteiger partial charge in [0.25, 0.3) is 0 Å². The van der Waals surface area contributed by atoms with Gasteiger partial charge < -0.3 is 0 Å². The van der Waals surface area contributed by atoms with Gasteiger partial charge in [0, 0.05) is 0 Å². The molecule has 0 amide bonds. The summed E-state index contributed by atoms with van der Waals surface area (Å²) in [5.41, 5.74) is 4.31. The van der Waals surface area contributed by atoms with Crippen LogP contribution in [-0.2, 0) is 0 Å². The van der Waals surface area contributed by atoms with Crippen LogP contribution in [0.4, 0.5) is 4.39 Å². The molecule has 0 aromatic heterocycles. The first-order chi connectivity index (χ1) is 8.08. The van der Waals surface area contributed by atoms with Crippen LogP contribution in [0.1, 0.15) is 30.9 Å². The summed E-state index contributed by atoms with van der Waals surface area (Å²) in [5.74, 6) is 0.272. The lowest BCUT2D eigenvalue weighted by atomic mass is 9.92. The smallest absolute Gasteiger partial charge is 0.124 e. The third-order valence-electron chi connectivity index (χ3n) is 2.94. The molecule has 1 heteroatoms. The summed E-state index contributed by atoms with van der Waals surface area (Å²) in [4.78, 5) is 0. The average molecular weight is 228 g/mol. The molecule has 0 aliphatic heterocycles. The highest BCUT2D eigenvalue weighted by atomic mass is 19.1. The van der Waals surface area contributed by atoms with Crippen molar-refractivity contribution < 1.29 is 4.39 Å². The summed E-state index contributed by atoms with van der Waals surface area (Å²) in [5, 5.41) is 0. The van der Waals surface area contributed by atoms with Gasteiger partial charge in [-0.1, -0.05) is 44.2 Å². The van der Waals surface area contributed by atoms with Gasteiger partial charge in [-0.25, -0.2) is 4.39 Å². The van der Waals surface area contributed by atoms with Gasteiger partial charge in [0.2, 0.25) is 0 Å². The highest BCUT2D eigenvalue weighted by molar-refractivity contribution is 5.68. The molecular formula is C16H17F. The van der Waals surface area contributed by atoms with E-state index >= 15 is 0 Å². The summed E-state index contributed by atoms with van der Waals surface area (Å²) < 4.78 is 13.4. The average Bonchev–Trinajstić information content (AvgIpc) is 2.27. The Morgan fingerprint density at radius 2 is 1.71 bits per heavy atom. The summed E-state index contributed by atoms with van der Waals surface area (Å²) in [6.45, 7) is 6.24. The predicted octanol–water partition coefficient (Wildman–Crippen LogP) is 4.92. The van der Waals surface area contributed by atoms with E-state index in [0.29, 0.717) is 5.92 Å². The van der Waals surface area contributed by atoms with Gasteiger partial charge in [-0.05, 0) is 47.2 Å². The van der Waals surface area contributed by atoms with Gasteiger partial charge in [-0.15, -0.1) is 0 Å². The molecule has 0 saturated carbocycles. The van der Waals surface area contributed by atoms with Crippen molar-refractivity contribution in [3.63, 3.8) is 0 Å². The van der Waals surface area contributed by atoms with Crippen LogP contribution in [0.3, 0.4) is 0 Å². The minimum Gasteiger partial charge on any atom is -0.207 e. The molecule has 2 aromatic carbocycles. The van der Waals surface area contributed by atoms with E-state index in [4.69, 9.17) is 0 Å². The molecule has 0 unspecified atom stereocenters. The lowest BCUT2D eigenvalue weighted by molar-refractivity contribution is 0.627. The zero-order valence-corrected chi connectivity index (χ0v) is 10.5. The van der Waals surface area contributed by atoms with Crippen LogP contribution in [0.2, 0.25) is 0 Å². The molecule has 2 aromatic rings. The van der Waals surface area contributed by atoms with Crippen molar-refractivity contribution in [3.05, 3.63) is 59.4 Å². The van der Waals surface area contributed by atoms with Gasteiger partial charge in [-0.3, -0.25) is 0 Å². The van der Waals surface area contributed by atoms with E-state index in [1.54, 1.807) is 12.1 Å². The maximum atomic E-state index is 13.4. The fourth-order valence-corrected chi connectivity index (χ4v) is 2.16. The monoisotopic (exact) mass is 228 g/mol. The van der Waals surface area contributed by atoms with E-state index in [-0.39, 0.29) is 5.82 Å². The maximum Gasteiger partial charge on any atom is 0.124 e. The molecule has 0 bridgehead atoms.